The average molecular weight is 165 g/mol. The van der Waals surface area contributed by atoms with Gasteiger partial charge in [0.05, 0.1) is 8.30 Å². The Morgan fingerprint density at radius 2 is 1.82 bits per heavy atom. The minimum atomic E-state index is -4.79. The first-order chi connectivity index (χ1) is 5.82. The smallest absolute Gasteiger partial charge is 0.368 e. The van der Waals surface area contributed by atoms with Crippen molar-refractivity contribution in [2.45, 2.75) is 6.18 Å². The number of rotatable bonds is 0. The molecule has 0 saturated carbocycles. The molecular weight excluding hydrogens is 159 g/mol. The summed E-state index contributed by atoms with van der Waals surface area (Å²) in [5.41, 5.74) is 3.47. The maximum Gasteiger partial charge on any atom is 0.419 e. The van der Waals surface area contributed by atoms with E-state index in [1.54, 1.807) is 0 Å². The molecule has 0 saturated heterocycles. The summed E-state index contributed by atoms with van der Waals surface area (Å²) in [7, 11) is 0. The predicted molar refractivity (Wildman–Crippen MR) is 31.4 cm³/mol. The number of halogens is 3. The molecule has 11 heavy (non-hydrogen) atoms. The molecule has 1 rings (SSSR count). The third-order valence-electron chi connectivity index (χ3n) is 0.848. The standard InChI is InChI=1S/C5H4F3N3/c6-5(7,8)3-1-10-4(9)11-2-3/h1-2H,(H2,9,10,11)/i1D,2D. The van der Waals surface area contributed by atoms with Crippen LogP contribution >= 0.6 is 0 Å². The van der Waals surface area contributed by atoms with Gasteiger partial charge < -0.3 is 5.73 Å². The van der Waals surface area contributed by atoms with Crippen molar-refractivity contribution in [2.24, 2.45) is 0 Å². The fourth-order valence-electron chi connectivity index (χ4n) is 0.403. The van der Waals surface area contributed by atoms with E-state index in [4.69, 9.17) is 8.48 Å². The Bertz CT molecular complexity index is 315. The third kappa shape index (κ3) is 1.79. The Balaban J connectivity index is 3.38. The topological polar surface area (TPSA) is 51.8 Å². The second kappa shape index (κ2) is 2.37. The second-order valence-corrected chi connectivity index (χ2v) is 1.68. The van der Waals surface area contributed by atoms with Crippen LogP contribution < -0.4 is 5.73 Å². The summed E-state index contributed by atoms with van der Waals surface area (Å²) in [5, 5.41) is 0. The lowest BCUT2D eigenvalue weighted by Crippen LogP contribution is -2.07. The van der Waals surface area contributed by atoms with Gasteiger partial charge in [-0.1, -0.05) is 0 Å². The lowest BCUT2D eigenvalue weighted by molar-refractivity contribution is -0.138. The summed E-state index contributed by atoms with van der Waals surface area (Å²) in [5.74, 6) is -0.511. The van der Waals surface area contributed by atoms with E-state index in [1.807, 2.05) is 0 Å². The van der Waals surface area contributed by atoms with E-state index in [1.165, 1.54) is 0 Å². The number of alkyl halides is 3. The van der Waals surface area contributed by atoms with Crippen LogP contribution in [0.5, 0.6) is 0 Å². The van der Waals surface area contributed by atoms with Crippen molar-refractivity contribution in [1.82, 2.24) is 9.97 Å². The van der Waals surface area contributed by atoms with E-state index in [9.17, 15) is 13.2 Å². The molecule has 0 radical (unpaired) electrons. The van der Waals surface area contributed by atoms with Crippen LogP contribution in [0.25, 0.3) is 0 Å². The zero-order valence-corrected chi connectivity index (χ0v) is 5.11. The fraction of sp³-hybridized carbons (Fsp3) is 0.200. The first-order valence-corrected chi connectivity index (χ1v) is 2.50. The van der Waals surface area contributed by atoms with Crippen LogP contribution in [-0.4, -0.2) is 9.97 Å². The maximum atomic E-state index is 12.1. The molecule has 0 atom stereocenters. The summed E-state index contributed by atoms with van der Waals surface area (Å²) >= 11 is 0. The molecule has 1 aromatic rings. The minimum Gasteiger partial charge on any atom is -0.368 e. The Morgan fingerprint density at radius 3 is 2.18 bits per heavy atom. The lowest BCUT2D eigenvalue weighted by Gasteiger charge is -2.03. The number of nitrogens with zero attached hydrogens (tertiary/aromatic N) is 2. The minimum absolute atomic E-state index is 0.511. The number of hydrogen-bond donors (Lipinski definition) is 1. The quantitative estimate of drug-likeness (QED) is 0.625. The first kappa shape index (κ1) is 5.34. The zero-order chi connectivity index (χ0) is 10.2. The summed E-state index contributed by atoms with van der Waals surface area (Å²) in [6.07, 6.45) is -6.95. The molecule has 60 valence electrons. The molecule has 0 aromatic carbocycles. The van der Waals surface area contributed by atoms with Gasteiger partial charge in [0.2, 0.25) is 5.95 Å². The van der Waals surface area contributed by atoms with Gasteiger partial charge in [-0.15, -0.1) is 0 Å². The Kier molecular flexibility index (Phi) is 1.15. The molecule has 0 unspecified atom stereocenters. The molecule has 0 aliphatic carbocycles. The highest BCUT2D eigenvalue weighted by Gasteiger charge is 2.31. The second-order valence-electron chi connectivity index (χ2n) is 1.68. The van der Waals surface area contributed by atoms with E-state index in [2.05, 4.69) is 9.97 Å². The molecule has 2 N–H and O–H groups in total. The summed E-state index contributed by atoms with van der Waals surface area (Å²) in [6.45, 7) is 0. The summed E-state index contributed by atoms with van der Waals surface area (Å²) < 4.78 is 49.9. The van der Waals surface area contributed by atoms with Crippen LogP contribution in [0, 0.1) is 0 Å². The van der Waals surface area contributed by atoms with Gasteiger partial charge in [0.1, 0.15) is 0 Å². The normalized spacial score (nSPS) is 14.1. The maximum absolute atomic E-state index is 12.1. The SMILES string of the molecule is [2H]c1nc(N)nc([2H])c1C(F)(F)F. The van der Waals surface area contributed by atoms with E-state index in [-0.39, 0.29) is 0 Å². The molecule has 1 heterocycles. The Labute approximate surface area is 62.9 Å². The molecule has 0 bridgehead atoms. The molecule has 0 fully saturated rings. The summed E-state index contributed by atoms with van der Waals surface area (Å²) in [4.78, 5) is 5.99. The summed E-state index contributed by atoms with van der Waals surface area (Å²) in [6, 6.07) is 0. The van der Waals surface area contributed by atoms with E-state index >= 15 is 0 Å². The lowest BCUT2D eigenvalue weighted by atomic mass is 10.3. The van der Waals surface area contributed by atoms with Crippen molar-refractivity contribution in [1.29, 1.82) is 0 Å². The monoisotopic (exact) mass is 165 g/mol. The highest BCUT2D eigenvalue weighted by atomic mass is 19.4. The van der Waals surface area contributed by atoms with E-state index in [0.717, 1.165) is 0 Å². The van der Waals surface area contributed by atoms with Crippen molar-refractivity contribution in [3.63, 3.8) is 0 Å². The Hall–Kier alpha value is -1.33. The molecule has 0 amide bonds. The van der Waals surface area contributed by atoms with Gasteiger partial charge in [0.25, 0.3) is 0 Å². The number of nitrogens with two attached hydrogens (primary N) is 1. The van der Waals surface area contributed by atoms with Crippen molar-refractivity contribution in [3.05, 3.63) is 17.9 Å². The van der Waals surface area contributed by atoms with Crippen molar-refractivity contribution < 1.29 is 15.9 Å². The highest BCUT2D eigenvalue weighted by molar-refractivity contribution is 5.18. The number of aromatic nitrogens is 2. The molecule has 1 aromatic heterocycles. The predicted octanol–water partition coefficient (Wildman–Crippen LogP) is 1.08. The van der Waals surface area contributed by atoms with Crippen LogP contribution in [-0.2, 0) is 6.18 Å². The van der Waals surface area contributed by atoms with Gasteiger partial charge in [-0.05, 0) is 0 Å². The van der Waals surface area contributed by atoms with Crippen LogP contribution in [0.1, 0.15) is 8.30 Å². The van der Waals surface area contributed by atoms with Crippen molar-refractivity contribution in [3.8, 4) is 0 Å². The van der Waals surface area contributed by atoms with Gasteiger partial charge in [-0.3, -0.25) is 0 Å². The first-order valence-electron chi connectivity index (χ1n) is 3.50. The molecule has 6 heteroatoms. The van der Waals surface area contributed by atoms with Gasteiger partial charge in [-0.25, -0.2) is 9.97 Å². The van der Waals surface area contributed by atoms with Gasteiger partial charge in [-0.2, -0.15) is 13.2 Å². The molecular formula is C5H4F3N3. The number of hydrogen-bond acceptors (Lipinski definition) is 3. The van der Waals surface area contributed by atoms with Crippen molar-refractivity contribution >= 4 is 5.95 Å². The van der Waals surface area contributed by atoms with Gasteiger partial charge in [0, 0.05) is 12.3 Å². The molecule has 0 aliphatic heterocycles. The Morgan fingerprint density at radius 1 is 1.36 bits per heavy atom. The third-order valence-corrected chi connectivity index (χ3v) is 0.848. The average Bonchev–Trinajstić information content (AvgIpc) is 1.78. The van der Waals surface area contributed by atoms with Crippen molar-refractivity contribution in [2.75, 3.05) is 5.73 Å². The van der Waals surface area contributed by atoms with Crippen LogP contribution in [0.4, 0.5) is 19.1 Å². The van der Waals surface area contributed by atoms with Gasteiger partial charge in [0.15, 0.2) is 0 Å². The zero-order valence-electron chi connectivity index (χ0n) is 7.11. The fourth-order valence-corrected chi connectivity index (χ4v) is 0.403. The highest BCUT2D eigenvalue weighted by Crippen LogP contribution is 2.27. The van der Waals surface area contributed by atoms with Crippen LogP contribution in [0.15, 0.2) is 12.3 Å². The largest absolute Gasteiger partial charge is 0.419 e. The number of anilines is 1. The van der Waals surface area contributed by atoms with E-state index < -0.39 is 30.0 Å². The molecule has 0 spiro atoms. The number of nitrogen functional groups attached to an aromatic ring is 1. The van der Waals surface area contributed by atoms with Crippen LogP contribution in [0.3, 0.4) is 0 Å². The van der Waals surface area contributed by atoms with Gasteiger partial charge >= 0.3 is 6.18 Å². The molecule has 3 nitrogen and oxygen atoms in total. The molecule has 0 aliphatic rings. The van der Waals surface area contributed by atoms with Crippen LogP contribution in [0.2, 0.25) is 0 Å². The van der Waals surface area contributed by atoms with E-state index in [0.29, 0.717) is 0 Å².